The zero-order valence-corrected chi connectivity index (χ0v) is 27.4. The maximum absolute atomic E-state index is 6.58. The molecule has 0 amide bonds. The lowest BCUT2D eigenvalue weighted by Gasteiger charge is -2.39. The van der Waals surface area contributed by atoms with Crippen molar-refractivity contribution in [3.05, 3.63) is 197 Å². The Morgan fingerprint density at radius 2 is 1.04 bits per heavy atom. The lowest BCUT2D eigenvalue weighted by molar-refractivity contribution is 0.436. The molecule has 0 unspecified atom stereocenters. The fraction of sp³-hybridized carbons (Fsp3) is 0.0833. The van der Waals surface area contributed by atoms with Crippen LogP contribution in [-0.4, -0.2) is 0 Å². The van der Waals surface area contributed by atoms with Crippen molar-refractivity contribution in [1.82, 2.24) is 0 Å². The average Bonchev–Trinajstić information content (AvgIpc) is 3.43. The molecule has 0 saturated heterocycles. The van der Waals surface area contributed by atoms with Crippen molar-refractivity contribution in [1.29, 1.82) is 0 Å². The van der Waals surface area contributed by atoms with Crippen molar-refractivity contribution in [3.63, 3.8) is 0 Å². The summed E-state index contributed by atoms with van der Waals surface area (Å²) in [4.78, 5) is 0. The molecule has 3 aliphatic rings. The highest BCUT2D eigenvalue weighted by molar-refractivity contribution is 5.92. The summed E-state index contributed by atoms with van der Waals surface area (Å²) in [5.74, 6) is 1.86. The molecule has 0 saturated carbocycles. The summed E-state index contributed by atoms with van der Waals surface area (Å²) < 4.78 is 6.58. The molecule has 10 rings (SSSR count). The van der Waals surface area contributed by atoms with Crippen molar-refractivity contribution >= 4 is 6.08 Å². The Morgan fingerprint density at radius 3 is 1.69 bits per heavy atom. The lowest BCUT2D eigenvalue weighted by atomic mass is 9.65. The van der Waals surface area contributed by atoms with Gasteiger partial charge in [0.2, 0.25) is 0 Å². The number of hydrogen-bond donors (Lipinski definition) is 0. The second-order valence-corrected chi connectivity index (χ2v) is 13.7. The molecule has 0 radical (unpaired) electrons. The van der Waals surface area contributed by atoms with Crippen LogP contribution < -0.4 is 4.74 Å². The number of benzene rings is 7. The van der Waals surface area contributed by atoms with E-state index in [9.17, 15) is 0 Å². The van der Waals surface area contributed by atoms with E-state index in [1.165, 1.54) is 83.5 Å². The third-order valence-electron chi connectivity index (χ3n) is 10.8. The second kappa shape index (κ2) is 10.8. The van der Waals surface area contributed by atoms with E-state index in [0.29, 0.717) is 0 Å². The number of ether oxygens (including phenoxy) is 1. The summed E-state index contributed by atoms with van der Waals surface area (Å²) in [6.07, 6.45) is 6.79. The Kier molecular flexibility index (Phi) is 6.20. The molecular weight excluding hydrogens is 593 g/mol. The minimum absolute atomic E-state index is 0.465. The van der Waals surface area contributed by atoms with Crippen LogP contribution in [0.3, 0.4) is 0 Å². The van der Waals surface area contributed by atoms with E-state index in [0.717, 1.165) is 24.3 Å². The van der Waals surface area contributed by atoms with Crippen LogP contribution in [0, 0.1) is 6.92 Å². The van der Waals surface area contributed by atoms with E-state index in [-0.39, 0.29) is 0 Å². The molecule has 0 aromatic heterocycles. The van der Waals surface area contributed by atoms with E-state index in [1.54, 1.807) is 0 Å². The maximum atomic E-state index is 6.58. The molecule has 2 aliphatic carbocycles. The molecule has 49 heavy (non-hydrogen) atoms. The summed E-state index contributed by atoms with van der Waals surface area (Å²) >= 11 is 0. The standard InChI is InChI=1S/C48H34O/c1-31-11-8-14-32(25-31)33-15-9-16-34(26-33)35-17-10-18-36(27-35)39-23-24-42-40(29-39)41-28-37-12-2-3-13-38(37)30-45(41)48(42)43-19-4-6-21-46(43)49-47-22-7-5-20-44(47)48/h3-11,13-30H,2,12H2,1H3. The Hall–Kier alpha value is -5.92. The molecule has 7 aromatic carbocycles. The topological polar surface area (TPSA) is 9.23 Å². The third-order valence-corrected chi connectivity index (χ3v) is 10.8. The number of aryl methyl sites for hydroxylation is 2. The van der Waals surface area contributed by atoms with E-state index in [1.807, 2.05) is 0 Å². The normalized spacial score (nSPS) is 14.3. The van der Waals surface area contributed by atoms with E-state index >= 15 is 0 Å². The molecule has 232 valence electrons. The highest BCUT2D eigenvalue weighted by atomic mass is 16.5. The first-order valence-corrected chi connectivity index (χ1v) is 17.3. The van der Waals surface area contributed by atoms with Crippen LogP contribution in [-0.2, 0) is 11.8 Å². The molecule has 1 aliphatic heterocycles. The minimum atomic E-state index is -0.465. The lowest BCUT2D eigenvalue weighted by Crippen LogP contribution is -2.32. The Morgan fingerprint density at radius 1 is 0.469 bits per heavy atom. The van der Waals surface area contributed by atoms with Crippen molar-refractivity contribution < 1.29 is 4.74 Å². The Bertz CT molecular complexity index is 2450. The van der Waals surface area contributed by atoms with Gasteiger partial charge in [-0.05, 0) is 123 Å². The summed E-state index contributed by atoms with van der Waals surface area (Å²) in [6.45, 7) is 2.15. The van der Waals surface area contributed by atoms with E-state index < -0.39 is 5.41 Å². The molecule has 7 aromatic rings. The van der Waals surface area contributed by atoms with Crippen molar-refractivity contribution in [2.24, 2.45) is 0 Å². The smallest absolute Gasteiger partial charge is 0.132 e. The molecule has 0 bridgehead atoms. The zero-order valence-electron chi connectivity index (χ0n) is 27.4. The molecule has 0 atom stereocenters. The van der Waals surface area contributed by atoms with Gasteiger partial charge in [-0.2, -0.15) is 0 Å². The van der Waals surface area contributed by atoms with Gasteiger partial charge in [0.25, 0.3) is 0 Å². The van der Waals surface area contributed by atoms with Crippen LogP contribution in [0.2, 0.25) is 0 Å². The largest absolute Gasteiger partial charge is 0.457 e. The van der Waals surface area contributed by atoms with Gasteiger partial charge in [0, 0.05) is 11.1 Å². The van der Waals surface area contributed by atoms with Gasteiger partial charge >= 0.3 is 0 Å². The Balaban J connectivity index is 1.16. The highest BCUT2D eigenvalue weighted by Gasteiger charge is 2.51. The van der Waals surface area contributed by atoms with Gasteiger partial charge in [0.1, 0.15) is 11.5 Å². The fourth-order valence-corrected chi connectivity index (χ4v) is 8.59. The number of allylic oxidation sites excluding steroid dienone is 1. The monoisotopic (exact) mass is 626 g/mol. The van der Waals surface area contributed by atoms with Crippen LogP contribution in [0.25, 0.3) is 50.6 Å². The zero-order chi connectivity index (χ0) is 32.5. The maximum Gasteiger partial charge on any atom is 0.132 e. The Labute approximate surface area is 287 Å². The number of rotatable bonds is 3. The van der Waals surface area contributed by atoms with Crippen molar-refractivity contribution in [3.8, 4) is 56.0 Å². The molecule has 1 spiro atoms. The van der Waals surface area contributed by atoms with Crippen molar-refractivity contribution in [2.45, 2.75) is 25.2 Å². The van der Waals surface area contributed by atoms with Crippen LogP contribution in [0.1, 0.15) is 45.4 Å². The van der Waals surface area contributed by atoms with Gasteiger partial charge in [0.15, 0.2) is 0 Å². The van der Waals surface area contributed by atoms with Gasteiger partial charge in [-0.15, -0.1) is 0 Å². The van der Waals surface area contributed by atoms with Gasteiger partial charge in [-0.25, -0.2) is 0 Å². The number of hydrogen-bond acceptors (Lipinski definition) is 1. The summed E-state index contributed by atoms with van der Waals surface area (Å²) in [5, 5.41) is 0. The highest BCUT2D eigenvalue weighted by Crippen LogP contribution is 2.62. The summed E-state index contributed by atoms with van der Waals surface area (Å²) in [7, 11) is 0. The SMILES string of the molecule is Cc1cccc(-c2cccc(-c3cccc(-c4ccc5c(c4)-c4cc6c(cc4C54c5ccccc5Oc5ccccc54)C=CCC6)c3)c2)c1. The number of fused-ring (bicyclic) bond motifs is 10. The third kappa shape index (κ3) is 4.25. The summed E-state index contributed by atoms with van der Waals surface area (Å²) in [5.41, 5.74) is 18.7. The first kappa shape index (κ1) is 28.1. The molecule has 1 heterocycles. The van der Waals surface area contributed by atoms with Gasteiger partial charge in [-0.1, -0.05) is 133 Å². The minimum Gasteiger partial charge on any atom is -0.457 e. The van der Waals surface area contributed by atoms with Crippen LogP contribution in [0.15, 0.2) is 158 Å². The fourth-order valence-electron chi connectivity index (χ4n) is 8.59. The van der Waals surface area contributed by atoms with Gasteiger partial charge in [0.05, 0.1) is 5.41 Å². The quantitative estimate of drug-likeness (QED) is 0.190. The van der Waals surface area contributed by atoms with E-state index in [4.69, 9.17) is 4.74 Å². The summed E-state index contributed by atoms with van der Waals surface area (Å²) in [6, 6.07) is 56.0. The van der Waals surface area contributed by atoms with Crippen LogP contribution in [0.4, 0.5) is 0 Å². The second-order valence-electron chi connectivity index (χ2n) is 13.7. The van der Waals surface area contributed by atoms with Crippen LogP contribution >= 0.6 is 0 Å². The predicted molar refractivity (Wildman–Crippen MR) is 202 cm³/mol. The average molecular weight is 627 g/mol. The molecule has 1 heteroatoms. The van der Waals surface area contributed by atoms with Gasteiger partial charge < -0.3 is 4.74 Å². The molecule has 0 N–H and O–H groups in total. The molecule has 1 nitrogen and oxygen atoms in total. The number of para-hydroxylation sites is 2. The molecule has 0 fully saturated rings. The molecular formula is C48H34O. The first-order chi connectivity index (χ1) is 24.2. The van der Waals surface area contributed by atoms with E-state index in [2.05, 4.69) is 171 Å². The van der Waals surface area contributed by atoms with Gasteiger partial charge in [-0.3, -0.25) is 0 Å². The predicted octanol–water partition coefficient (Wildman–Crippen LogP) is 12.4. The van der Waals surface area contributed by atoms with Crippen molar-refractivity contribution in [2.75, 3.05) is 0 Å². The van der Waals surface area contributed by atoms with Crippen LogP contribution in [0.5, 0.6) is 11.5 Å². The first-order valence-electron chi connectivity index (χ1n) is 17.3.